The molecule has 0 saturated heterocycles. The Morgan fingerprint density at radius 3 is 1.71 bits per heavy atom. The summed E-state index contributed by atoms with van der Waals surface area (Å²) < 4.78 is 0. The number of aromatic hydroxyl groups is 2. The van der Waals surface area contributed by atoms with Crippen molar-refractivity contribution in [2.45, 2.75) is 19.8 Å². The molecule has 0 unspecified atom stereocenters. The lowest BCUT2D eigenvalue weighted by Crippen LogP contribution is -2.06. The second-order valence-electron chi connectivity index (χ2n) is 6.08. The molecule has 2 nitrogen and oxygen atoms in total. The van der Waals surface area contributed by atoms with Crippen molar-refractivity contribution in [3.8, 4) is 11.5 Å². The first-order chi connectivity index (χ1) is 11.5. The monoisotopic (exact) mass is 338 g/mol. The molecule has 0 aliphatic rings. The first-order valence-corrected chi connectivity index (χ1v) is 8.18. The van der Waals surface area contributed by atoms with Gasteiger partial charge in [0.25, 0.3) is 0 Å². The van der Waals surface area contributed by atoms with Gasteiger partial charge >= 0.3 is 0 Å². The normalized spacial score (nSPS) is 11.0. The molecule has 0 heterocycles. The summed E-state index contributed by atoms with van der Waals surface area (Å²) in [5.74, 6) is 0.0244. The van der Waals surface area contributed by atoms with E-state index in [4.69, 9.17) is 11.6 Å². The van der Waals surface area contributed by atoms with Gasteiger partial charge in [0.1, 0.15) is 11.5 Å². The molecule has 2 N–H and O–H groups in total. The molecule has 3 heteroatoms. The van der Waals surface area contributed by atoms with Crippen LogP contribution in [0.5, 0.6) is 11.5 Å². The Morgan fingerprint density at radius 2 is 1.21 bits per heavy atom. The number of aryl methyl sites for hydroxylation is 2. The summed E-state index contributed by atoms with van der Waals surface area (Å²) in [5, 5.41) is 21.5. The molecule has 0 aliphatic carbocycles. The highest BCUT2D eigenvalue weighted by atomic mass is 35.5. The summed E-state index contributed by atoms with van der Waals surface area (Å²) in [6.45, 7) is 3.95. The van der Waals surface area contributed by atoms with Crippen molar-refractivity contribution in [3.05, 3.63) is 93.5 Å². The maximum atomic E-state index is 10.5. The first kappa shape index (κ1) is 16.4. The van der Waals surface area contributed by atoms with Crippen LogP contribution in [0.3, 0.4) is 0 Å². The van der Waals surface area contributed by atoms with Crippen molar-refractivity contribution >= 4 is 11.6 Å². The van der Waals surface area contributed by atoms with E-state index in [1.165, 1.54) is 0 Å². The van der Waals surface area contributed by atoms with Gasteiger partial charge in [0.05, 0.1) is 0 Å². The SMILES string of the molecule is Cc1ccc(O)c(C(c2cc(C)ccc2O)c2ccccc2Cl)c1. The van der Waals surface area contributed by atoms with Crippen molar-refractivity contribution in [2.24, 2.45) is 0 Å². The Morgan fingerprint density at radius 1 is 0.708 bits per heavy atom. The molecule has 0 saturated carbocycles. The highest BCUT2D eigenvalue weighted by Crippen LogP contribution is 2.43. The molecule has 3 aromatic rings. The summed E-state index contributed by atoms with van der Waals surface area (Å²) in [7, 11) is 0. The topological polar surface area (TPSA) is 40.5 Å². The quantitative estimate of drug-likeness (QED) is 0.615. The van der Waals surface area contributed by atoms with E-state index >= 15 is 0 Å². The molecule has 122 valence electrons. The van der Waals surface area contributed by atoms with Crippen LogP contribution in [0.1, 0.15) is 33.7 Å². The second kappa shape index (κ2) is 6.58. The number of halogens is 1. The van der Waals surface area contributed by atoms with E-state index in [0.717, 1.165) is 27.8 Å². The molecule has 3 aromatic carbocycles. The lowest BCUT2D eigenvalue weighted by molar-refractivity contribution is 0.458. The number of hydrogen-bond donors (Lipinski definition) is 2. The van der Waals surface area contributed by atoms with Gasteiger partial charge in [0, 0.05) is 22.1 Å². The molecule has 0 bridgehead atoms. The van der Waals surface area contributed by atoms with E-state index in [1.807, 2.05) is 62.4 Å². The van der Waals surface area contributed by atoms with Crippen LogP contribution < -0.4 is 0 Å². The Hall–Kier alpha value is -2.45. The molecule has 0 aliphatic heterocycles. The molecule has 3 rings (SSSR count). The maximum Gasteiger partial charge on any atom is 0.119 e. The molecular formula is C21H19ClO2. The highest BCUT2D eigenvalue weighted by Gasteiger charge is 2.24. The van der Waals surface area contributed by atoms with E-state index < -0.39 is 0 Å². The van der Waals surface area contributed by atoms with Gasteiger partial charge < -0.3 is 10.2 Å². The number of benzene rings is 3. The van der Waals surface area contributed by atoms with Crippen LogP contribution in [0.25, 0.3) is 0 Å². The van der Waals surface area contributed by atoms with Crippen LogP contribution in [0.4, 0.5) is 0 Å². The third-order valence-electron chi connectivity index (χ3n) is 4.20. The van der Waals surface area contributed by atoms with Gasteiger partial charge in [-0.15, -0.1) is 0 Å². The average Bonchev–Trinajstić information content (AvgIpc) is 2.56. The minimum Gasteiger partial charge on any atom is -0.508 e. The fourth-order valence-electron chi connectivity index (χ4n) is 3.02. The standard InChI is InChI=1S/C21H19ClO2/c1-13-7-9-19(23)16(11-13)21(15-5-3-4-6-18(15)22)17-12-14(2)8-10-20(17)24/h3-12,21,23-24H,1-2H3. The molecule has 0 atom stereocenters. The van der Waals surface area contributed by atoms with E-state index in [1.54, 1.807) is 12.1 Å². The van der Waals surface area contributed by atoms with Gasteiger partial charge in [-0.05, 0) is 37.6 Å². The van der Waals surface area contributed by atoms with Crippen LogP contribution in [0, 0.1) is 13.8 Å². The minimum absolute atomic E-state index is 0.187. The lowest BCUT2D eigenvalue weighted by atomic mass is 9.83. The molecule has 0 fully saturated rings. The maximum absolute atomic E-state index is 10.5. The summed E-state index contributed by atoms with van der Waals surface area (Å²) in [6, 6.07) is 18.5. The van der Waals surface area contributed by atoms with Gasteiger partial charge in [0.15, 0.2) is 0 Å². The Balaban J connectivity index is 2.31. The lowest BCUT2D eigenvalue weighted by Gasteiger charge is -2.22. The predicted molar refractivity (Wildman–Crippen MR) is 98.1 cm³/mol. The minimum atomic E-state index is -0.349. The molecule has 24 heavy (non-hydrogen) atoms. The van der Waals surface area contributed by atoms with Crippen LogP contribution in [-0.2, 0) is 0 Å². The predicted octanol–water partition coefficient (Wildman–Crippen LogP) is 5.55. The average molecular weight is 339 g/mol. The second-order valence-corrected chi connectivity index (χ2v) is 6.49. The molecule has 0 aromatic heterocycles. The highest BCUT2D eigenvalue weighted by molar-refractivity contribution is 6.31. The Labute approximate surface area is 147 Å². The Kier molecular flexibility index (Phi) is 4.50. The van der Waals surface area contributed by atoms with Crippen molar-refractivity contribution in [1.82, 2.24) is 0 Å². The summed E-state index contributed by atoms with van der Waals surface area (Å²) in [4.78, 5) is 0. The number of rotatable bonds is 3. The van der Waals surface area contributed by atoms with Gasteiger partial charge in [-0.3, -0.25) is 0 Å². The zero-order chi connectivity index (χ0) is 17.3. The fraction of sp³-hybridized carbons (Fsp3) is 0.143. The van der Waals surface area contributed by atoms with Gasteiger partial charge in [-0.25, -0.2) is 0 Å². The van der Waals surface area contributed by atoms with Crippen molar-refractivity contribution in [3.63, 3.8) is 0 Å². The zero-order valence-corrected chi connectivity index (χ0v) is 14.4. The van der Waals surface area contributed by atoms with Crippen LogP contribution in [0.2, 0.25) is 5.02 Å². The smallest absolute Gasteiger partial charge is 0.119 e. The first-order valence-electron chi connectivity index (χ1n) is 7.81. The molecule has 0 spiro atoms. The van der Waals surface area contributed by atoms with Gasteiger partial charge in [0.2, 0.25) is 0 Å². The van der Waals surface area contributed by atoms with E-state index in [9.17, 15) is 10.2 Å². The summed E-state index contributed by atoms with van der Waals surface area (Å²) >= 11 is 6.44. The van der Waals surface area contributed by atoms with Gasteiger partial charge in [-0.2, -0.15) is 0 Å². The third-order valence-corrected chi connectivity index (χ3v) is 4.55. The fourth-order valence-corrected chi connectivity index (χ4v) is 3.27. The molecule has 0 radical (unpaired) electrons. The van der Waals surface area contributed by atoms with E-state index in [2.05, 4.69) is 0 Å². The summed E-state index contributed by atoms with van der Waals surface area (Å²) in [6.07, 6.45) is 0. The molecular weight excluding hydrogens is 320 g/mol. The van der Waals surface area contributed by atoms with Crippen LogP contribution >= 0.6 is 11.6 Å². The summed E-state index contributed by atoms with van der Waals surface area (Å²) in [5.41, 5.74) is 4.37. The zero-order valence-electron chi connectivity index (χ0n) is 13.6. The van der Waals surface area contributed by atoms with E-state index in [0.29, 0.717) is 5.02 Å². The number of phenols is 2. The number of hydrogen-bond acceptors (Lipinski definition) is 2. The van der Waals surface area contributed by atoms with Gasteiger partial charge in [-0.1, -0.05) is 65.2 Å². The largest absolute Gasteiger partial charge is 0.508 e. The van der Waals surface area contributed by atoms with Crippen LogP contribution in [0.15, 0.2) is 60.7 Å². The number of phenolic OH excluding ortho intramolecular Hbond substituents is 2. The van der Waals surface area contributed by atoms with E-state index in [-0.39, 0.29) is 17.4 Å². The Bertz CT molecular complexity index is 835. The van der Waals surface area contributed by atoms with Crippen molar-refractivity contribution in [2.75, 3.05) is 0 Å². The molecule has 0 amide bonds. The van der Waals surface area contributed by atoms with Crippen LogP contribution in [-0.4, -0.2) is 10.2 Å². The van der Waals surface area contributed by atoms with Crippen molar-refractivity contribution in [1.29, 1.82) is 0 Å². The third kappa shape index (κ3) is 3.10. The van der Waals surface area contributed by atoms with Crippen molar-refractivity contribution < 1.29 is 10.2 Å².